The molecule has 2 nitrogen and oxygen atoms in total. The zero-order valence-electron chi connectivity index (χ0n) is 7.57. The summed E-state index contributed by atoms with van der Waals surface area (Å²) in [6, 6.07) is 8.13. The van der Waals surface area contributed by atoms with Crippen LogP contribution in [0.15, 0.2) is 30.5 Å². The Bertz CT molecular complexity index is 582. The molecule has 0 saturated heterocycles. The third-order valence-corrected chi connectivity index (χ3v) is 2.68. The van der Waals surface area contributed by atoms with Crippen LogP contribution in [0.1, 0.15) is 11.1 Å². The Morgan fingerprint density at radius 1 is 1.29 bits per heavy atom. The Kier molecular flexibility index (Phi) is 1.32. The first kappa shape index (κ1) is 7.40. The molecule has 1 aromatic carbocycles. The molecule has 0 saturated carbocycles. The summed E-state index contributed by atoms with van der Waals surface area (Å²) in [4.78, 5) is 0. The van der Waals surface area contributed by atoms with Crippen LogP contribution in [0.25, 0.3) is 17.0 Å². The van der Waals surface area contributed by atoms with E-state index in [2.05, 4.69) is 22.8 Å². The monoisotopic (exact) mass is 180 g/mol. The van der Waals surface area contributed by atoms with Gasteiger partial charge in [-0.15, -0.1) is 0 Å². The number of hydrogen-bond donors (Lipinski definition) is 0. The number of benzene rings is 1. The fourth-order valence-corrected chi connectivity index (χ4v) is 2.03. The minimum absolute atomic E-state index is 0.762. The molecular formula is C12H8N2. The number of nitrogens with zero attached hydrogens (tertiary/aromatic N) is 2. The van der Waals surface area contributed by atoms with Crippen molar-refractivity contribution in [2.45, 2.75) is 6.54 Å². The van der Waals surface area contributed by atoms with Gasteiger partial charge >= 0.3 is 0 Å². The number of nitriles is 1. The predicted molar refractivity (Wildman–Crippen MR) is 55.7 cm³/mol. The standard InChI is InChI=1S/C12H8N2/c13-8-10-4-3-9-2-1-6-14-7-5-11(10)12(9)14/h1-5,7H,6H2. The van der Waals surface area contributed by atoms with Gasteiger partial charge < -0.3 is 4.57 Å². The summed E-state index contributed by atoms with van der Waals surface area (Å²) in [5, 5.41) is 10.0. The Balaban J connectivity index is 2.53. The maximum Gasteiger partial charge on any atom is 0.0998 e. The Hall–Kier alpha value is -2.01. The van der Waals surface area contributed by atoms with E-state index in [9.17, 15) is 0 Å². The summed E-state index contributed by atoms with van der Waals surface area (Å²) in [7, 11) is 0. The minimum Gasteiger partial charge on any atom is -0.343 e. The van der Waals surface area contributed by atoms with E-state index in [1.165, 1.54) is 11.1 Å². The third kappa shape index (κ3) is 0.789. The van der Waals surface area contributed by atoms with E-state index < -0.39 is 0 Å². The van der Waals surface area contributed by atoms with Crippen LogP contribution in [0.2, 0.25) is 0 Å². The van der Waals surface area contributed by atoms with E-state index in [0.717, 1.165) is 17.5 Å². The van der Waals surface area contributed by atoms with Gasteiger partial charge in [0, 0.05) is 18.1 Å². The summed E-state index contributed by atoms with van der Waals surface area (Å²) in [6.07, 6.45) is 6.29. The highest BCUT2D eigenvalue weighted by atomic mass is 15.0. The molecule has 14 heavy (non-hydrogen) atoms. The maximum atomic E-state index is 8.95. The average molecular weight is 180 g/mol. The van der Waals surface area contributed by atoms with Gasteiger partial charge in [0.1, 0.15) is 0 Å². The SMILES string of the molecule is N#Cc1ccc2c3c1ccn3CC=C2. The second-order valence-electron chi connectivity index (χ2n) is 3.45. The Morgan fingerprint density at radius 2 is 2.21 bits per heavy atom. The van der Waals surface area contributed by atoms with E-state index in [0.29, 0.717) is 0 Å². The van der Waals surface area contributed by atoms with Gasteiger partial charge in [-0.25, -0.2) is 0 Å². The molecule has 3 rings (SSSR count). The van der Waals surface area contributed by atoms with Crippen LogP contribution >= 0.6 is 0 Å². The van der Waals surface area contributed by atoms with Gasteiger partial charge in [-0.05, 0) is 17.7 Å². The van der Waals surface area contributed by atoms with Crippen LogP contribution in [-0.4, -0.2) is 4.57 Å². The molecule has 2 heteroatoms. The molecule has 1 aliphatic rings. The molecule has 0 fully saturated rings. The van der Waals surface area contributed by atoms with Crippen LogP contribution in [0.5, 0.6) is 0 Å². The third-order valence-electron chi connectivity index (χ3n) is 2.68. The van der Waals surface area contributed by atoms with E-state index in [4.69, 9.17) is 5.26 Å². The molecule has 0 N–H and O–H groups in total. The summed E-state index contributed by atoms with van der Waals surface area (Å²) in [5.74, 6) is 0. The molecule has 2 aromatic rings. The van der Waals surface area contributed by atoms with Gasteiger partial charge in [0.15, 0.2) is 0 Å². The normalized spacial score (nSPS) is 13.1. The molecule has 1 aliphatic heterocycles. The van der Waals surface area contributed by atoms with E-state index in [1.807, 2.05) is 24.4 Å². The lowest BCUT2D eigenvalue weighted by molar-refractivity contribution is 0.858. The molecule has 0 aliphatic carbocycles. The van der Waals surface area contributed by atoms with Crippen LogP contribution in [-0.2, 0) is 6.54 Å². The molecule has 66 valence electrons. The van der Waals surface area contributed by atoms with Crippen molar-refractivity contribution < 1.29 is 0 Å². The van der Waals surface area contributed by atoms with Crippen molar-refractivity contribution in [2.75, 3.05) is 0 Å². The smallest absolute Gasteiger partial charge is 0.0998 e. The van der Waals surface area contributed by atoms with Crippen molar-refractivity contribution in [3.8, 4) is 6.07 Å². The molecule has 0 unspecified atom stereocenters. The zero-order valence-corrected chi connectivity index (χ0v) is 7.57. The van der Waals surface area contributed by atoms with Gasteiger partial charge in [-0.2, -0.15) is 5.26 Å². The summed E-state index contributed by atoms with van der Waals surface area (Å²) in [6.45, 7) is 0.908. The van der Waals surface area contributed by atoms with Crippen molar-refractivity contribution in [1.82, 2.24) is 4.57 Å². The highest BCUT2D eigenvalue weighted by Gasteiger charge is 2.10. The summed E-state index contributed by atoms with van der Waals surface area (Å²) >= 11 is 0. The minimum atomic E-state index is 0.762. The van der Waals surface area contributed by atoms with E-state index in [-0.39, 0.29) is 0 Å². The first-order valence-corrected chi connectivity index (χ1v) is 4.58. The fourth-order valence-electron chi connectivity index (χ4n) is 2.03. The topological polar surface area (TPSA) is 28.7 Å². The second kappa shape index (κ2) is 2.49. The number of hydrogen-bond acceptors (Lipinski definition) is 1. The van der Waals surface area contributed by atoms with Gasteiger partial charge in [0.05, 0.1) is 17.1 Å². The van der Waals surface area contributed by atoms with Crippen molar-refractivity contribution in [2.24, 2.45) is 0 Å². The van der Waals surface area contributed by atoms with Crippen LogP contribution in [0, 0.1) is 11.3 Å². The Morgan fingerprint density at radius 3 is 3.07 bits per heavy atom. The molecule has 0 atom stereocenters. The van der Waals surface area contributed by atoms with Gasteiger partial charge in [-0.1, -0.05) is 18.2 Å². The fraction of sp³-hybridized carbons (Fsp3) is 0.0833. The molecule has 0 spiro atoms. The molecule has 2 heterocycles. The highest BCUT2D eigenvalue weighted by molar-refractivity contribution is 5.93. The molecule has 1 aromatic heterocycles. The number of allylic oxidation sites excluding steroid dienone is 1. The first-order chi connectivity index (χ1) is 6.90. The first-order valence-electron chi connectivity index (χ1n) is 4.58. The average Bonchev–Trinajstić information content (AvgIpc) is 2.66. The van der Waals surface area contributed by atoms with Crippen LogP contribution in [0.4, 0.5) is 0 Å². The largest absolute Gasteiger partial charge is 0.343 e. The van der Waals surface area contributed by atoms with Crippen molar-refractivity contribution >= 4 is 17.0 Å². The predicted octanol–water partition coefficient (Wildman–Crippen LogP) is 2.54. The number of aromatic nitrogens is 1. The lowest BCUT2D eigenvalue weighted by atomic mass is 10.0. The maximum absolute atomic E-state index is 8.95. The lowest BCUT2D eigenvalue weighted by Gasteiger charge is -2.10. The lowest BCUT2D eigenvalue weighted by Crippen LogP contribution is -1.98. The van der Waals surface area contributed by atoms with Gasteiger partial charge in [0.2, 0.25) is 0 Å². The van der Waals surface area contributed by atoms with Crippen molar-refractivity contribution in [3.63, 3.8) is 0 Å². The van der Waals surface area contributed by atoms with Crippen molar-refractivity contribution in [3.05, 3.63) is 41.6 Å². The molecule has 0 bridgehead atoms. The van der Waals surface area contributed by atoms with E-state index >= 15 is 0 Å². The van der Waals surface area contributed by atoms with Crippen LogP contribution in [0.3, 0.4) is 0 Å². The molecule has 0 amide bonds. The second-order valence-corrected chi connectivity index (χ2v) is 3.45. The van der Waals surface area contributed by atoms with Gasteiger partial charge in [-0.3, -0.25) is 0 Å². The molecular weight excluding hydrogens is 172 g/mol. The summed E-state index contributed by atoms with van der Waals surface area (Å²) in [5.41, 5.74) is 3.15. The van der Waals surface area contributed by atoms with Gasteiger partial charge in [0.25, 0.3) is 0 Å². The van der Waals surface area contributed by atoms with Crippen LogP contribution < -0.4 is 0 Å². The molecule has 0 radical (unpaired) electrons. The quantitative estimate of drug-likeness (QED) is 0.612. The zero-order chi connectivity index (χ0) is 9.54. The summed E-state index contributed by atoms with van der Waals surface area (Å²) < 4.78 is 2.17. The Labute approximate surface area is 81.7 Å². The number of rotatable bonds is 0. The van der Waals surface area contributed by atoms with E-state index in [1.54, 1.807) is 0 Å². The highest BCUT2D eigenvalue weighted by Crippen LogP contribution is 2.27. The van der Waals surface area contributed by atoms with Crippen molar-refractivity contribution in [1.29, 1.82) is 5.26 Å².